The zero-order valence-electron chi connectivity index (χ0n) is 10.2. The number of amides is 1. The topological polar surface area (TPSA) is 46.3 Å². The highest BCUT2D eigenvalue weighted by Crippen LogP contribution is 2.32. The number of hydrogen-bond acceptors (Lipinski definition) is 2. The second-order valence-electron chi connectivity index (χ2n) is 4.50. The summed E-state index contributed by atoms with van der Waals surface area (Å²) >= 11 is 5.67. The van der Waals surface area contributed by atoms with Crippen LogP contribution in [-0.2, 0) is 4.79 Å². The van der Waals surface area contributed by atoms with Crippen LogP contribution in [0.25, 0.3) is 0 Å². The largest absolute Gasteiger partial charge is 0.334 e. The molecule has 0 aliphatic carbocycles. The number of nitrogens with zero attached hydrogens (tertiary/aromatic N) is 1. The Morgan fingerprint density at radius 1 is 1.56 bits per heavy atom. The van der Waals surface area contributed by atoms with E-state index in [1.807, 2.05) is 6.92 Å². The first-order valence-corrected chi connectivity index (χ1v) is 6.42. The van der Waals surface area contributed by atoms with Gasteiger partial charge >= 0.3 is 0 Å². The fourth-order valence-corrected chi connectivity index (χ4v) is 2.59. The molecular formula is C13H16ClFN2O. The van der Waals surface area contributed by atoms with Crippen molar-refractivity contribution in [2.45, 2.75) is 31.8 Å². The highest BCUT2D eigenvalue weighted by molar-refractivity contribution is 6.30. The summed E-state index contributed by atoms with van der Waals surface area (Å²) in [6, 6.07) is 4.18. The van der Waals surface area contributed by atoms with Gasteiger partial charge in [0, 0.05) is 19.0 Å². The van der Waals surface area contributed by atoms with E-state index in [0.29, 0.717) is 24.9 Å². The Balaban J connectivity index is 2.38. The van der Waals surface area contributed by atoms with E-state index < -0.39 is 5.82 Å². The number of halogens is 2. The first kappa shape index (κ1) is 13.3. The van der Waals surface area contributed by atoms with Gasteiger partial charge in [-0.1, -0.05) is 17.7 Å². The number of carbonyl (C=O) groups is 1. The number of carbonyl (C=O) groups excluding carboxylic acids is 1. The van der Waals surface area contributed by atoms with E-state index in [1.54, 1.807) is 11.0 Å². The van der Waals surface area contributed by atoms with Gasteiger partial charge in [0.1, 0.15) is 5.82 Å². The van der Waals surface area contributed by atoms with E-state index in [9.17, 15) is 9.18 Å². The van der Waals surface area contributed by atoms with E-state index in [2.05, 4.69) is 0 Å². The molecule has 1 amide bonds. The van der Waals surface area contributed by atoms with Crippen LogP contribution in [0.15, 0.2) is 18.2 Å². The Bertz CT molecular complexity index is 466. The van der Waals surface area contributed by atoms with Crippen LogP contribution in [0.2, 0.25) is 5.02 Å². The van der Waals surface area contributed by atoms with Gasteiger partial charge in [-0.25, -0.2) is 4.39 Å². The van der Waals surface area contributed by atoms with Gasteiger partial charge in [0.15, 0.2) is 0 Å². The molecule has 1 saturated heterocycles. The number of benzene rings is 1. The summed E-state index contributed by atoms with van der Waals surface area (Å²) < 4.78 is 13.5. The van der Waals surface area contributed by atoms with Crippen LogP contribution >= 0.6 is 11.6 Å². The lowest BCUT2D eigenvalue weighted by Crippen LogP contribution is -2.48. The molecule has 5 heteroatoms. The van der Waals surface area contributed by atoms with Crippen LogP contribution in [0.3, 0.4) is 0 Å². The summed E-state index contributed by atoms with van der Waals surface area (Å²) in [6.45, 7) is 2.47. The highest BCUT2D eigenvalue weighted by Gasteiger charge is 2.34. The standard InChI is InChI=1S/C13H16ClFN2O/c1-2-17-12(18)6-5-11(16)13(17)8-3-4-9(14)10(15)7-8/h3-4,7,11,13H,2,5-6,16H2,1H3. The Morgan fingerprint density at radius 3 is 2.89 bits per heavy atom. The minimum absolute atomic E-state index is 0.0690. The third kappa shape index (κ3) is 2.35. The molecule has 2 N–H and O–H groups in total. The Morgan fingerprint density at radius 2 is 2.28 bits per heavy atom. The third-order valence-corrected chi connectivity index (χ3v) is 3.69. The third-order valence-electron chi connectivity index (χ3n) is 3.38. The average molecular weight is 271 g/mol. The van der Waals surface area contributed by atoms with Crippen molar-refractivity contribution < 1.29 is 9.18 Å². The van der Waals surface area contributed by atoms with E-state index in [4.69, 9.17) is 17.3 Å². The van der Waals surface area contributed by atoms with E-state index in [0.717, 1.165) is 0 Å². The lowest BCUT2D eigenvalue weighted by molar-refractivity contribution is -0.137. The van der Waals surface area contributed by atoms with Gasteiger partial charge in [0.2, 0.25) is 5.91 Å². The fourth-order valence-electron chi connectivity index (χ4n) is 2.47. The van der Waals surface area contributed by atoms with Crippen molar-refractivity contribution in [3.05, 3.63) is 34.6 Å². The molecule has 1 aliphatic heterocycles. The molecule has 1 heterocycles. The van der Waals surface area contributed by atoms with Crippen molar-refractivity contribution in [1.29, 1.82) is 0 Å². The van der Waals surface area contributed by atoms with Crippen molar-refractivity contribution in [1.82, 2.24) is 4.90 Å². The number of nitrogens with two attached hydrogens (primary N) is 1. The number of likely N-dealkylation sites (N-methyl/N-ethyl adjacent to an activating group) is 1. The Hall–Kier alpha value is -1.13. The van der Waals surface area contributed by atoms with Crippen LogP contribution in [0.1, 0.15) is 31.4 Å². The molecule has 1 aromatic carbocycles. The number of likely N-dealkylation sites (tertiary alicyclic amines) is 1. The molecule has 18 heavy (non-hydrogen) atoms. The van der Waals surface area contributed by atoms with Crippen LogP contribution in [0.5, 0.6) is 0 Å². The predicted molar refractivity (Wildman–Crippen MR) is 68.7 cm³/mol. The molecule has 2 rings (SSSR count). The van der Waals surface area contributed by atoms with Gasteiger partial charge in [-0.3, -0.25) is 4.79 Å². The maximum atomic E-state index is 13.5. The monoisotopic (exact) mass is 270 g/mol. The van der Waals surface area contributed by atoms with Crippen molar-refractivity contribution >= 4 is 17.5 Å². The van der Waals surface area contributed by atoms with E-state index in [-0.39, 0.29) is 23.0 Å². The average Bonchev–Trinajstić information content (AvgIpc) is 2.35. The SMILES string of the molecule is CCN1C(=O)CCC(N)C1c1ccc(Cl)c(F)c1. The summed E-state index contributed by atoms with van der Waals surface area (Å²) in [5.74, 6) is -0.407. The number of piperidine rings is 1. The van der Waals surface area contributed by atoms with Gasteiger partial charge in [-0.05, 0) is 31.0 Å². The molecule has 0 radical (unpaired) electrons. The quantitative estimate of drug-likeness (QED) is 0.897. The molecule has 3 nitrogen and oxygen atoms in total. The molecule has 0 aromatic heterocycles. The zero-order chi connectivity index (χ0) is 13.3. The summed E-state index contributed by atoms with van der Waals surface area (Å²) in [4.78, 5) is 13.6. The van der Waals surface area contributed by atoms with E-state index >= 15 is 0 Å². The molecular weight excluding hydrogens is 255 g/mol. The maximum absolute atomic E-state index is 13.5. The van der Waals surface area contributed by atoms with Crippen LogP contribution in [0.4, 0.5) is 4.39 Å². The minimum atomic E-state index is -0.476. The minimum Gasteiger partial charge on any atom is -0.334 e. The smallest absolute Gasteiger partial charge is 0.223 e. The summed E-state index contributed by atoms with van der Waals surface area (Å²) in [5.41, 5.74) is 6.79. The van der Waals surface area contributed by atoms with Crippen molar-refractivity contribution in [3.8, 4) is 0 Å². The molecule has 0 bridgehead atoms. The fraction of sp³-hybridized carbons (Fsp3) is 0.462. The second-order valence-corrected chi connectivity index (χ2v) is 4.91. The van der Waals surface area contributed by atoms with Crippen LogP contribution in [0, 0.1) is 5.82 Å². The van der Waals surface area contributed by atoms with Crippen molar-refractivity contribution in [2.75, 3.05) is 6.54 Å². The first-order chi connectivity index (χ1) is 8.54. The molecule has 1 fully saturated rings. The van der Waals surface area contributed by atoms with Crippen LogP contribution in [-0.4, -0.2) is 23.4 Å². The summed E-state index contributed by atoms with van der Waals surface area (Å²) in [6.07, 6.45) is 1.09. The van der Waals surface area contributed by atoms with Crippen LogP contribution < -0.4 is 5.73 Å². The lowest BCUT2D eigenvalue weighted by Gasteiger charge is -2.39. The van der Waals surface area contributed by atoms with Gasteiger partial charge in [-0.2, -0.15) is 0 Å². The van der Waals surface area contributed by atoms with Crippen molar-refractivity contribution in [2.24, 2.45) is 5.73 Å². The normalized spacial score (nSPS) is 24.4. The second kappa shape index (κ2) is 5.24. The molecule has 1 aliphatic rings. The Labute approximate surface area is 111 Å². The van der Waals surface area contributed by atoms with Crippen molar-refractivity contribution in [3.63, 3.8) is 0 Å². The maximum Gasteiger partial charge on any atom is 0.223 e. The first-order valence-electron chi connectivity index (χ1n) is 6.04. The summed E-state index contributed by atoms with van der Waals surface area (Å²) in [5, 5.41) is 0.0810. The van der Waals surface area contributed by atoms with Gasteiger partial charge in [-0.15, -0.1) is 0 Å². The Kier molecular flexibility index (Phi) is 3.88. The van der Waals surface area contributed by atoms with Gasteiger partial charge < -0.3 is 10.6 Å². The number of rotatable bonds is 2. The van der Waals surface area contributed by atoms with E-state index in [1.165, 1.54) is 12.1 Å². The zero-order valence-corrected chi connectivity index (χ0v) is 11.0. The number of hydrogen-bond donors (Lipinski definition) is 1. The molecule has 1 aromatic rings. The van der Waals surface area contributed by atoms with Gasteiger partial charge in [0.25, 0.3) is 0 Å². The predicted octanol–water partition coefficient (Wildman–Crippen LogP) is 2.49. The lowest BCUT2D eigenvalue weighted by atomic mass is 9.90. The molecule has 2 atom stereocenters. The van der Waals surface area contributed by atoms with Gasteiger partial charge in [0.05, 0.1) is 11.1 Å². The molecule has 98 valence electrons. The molecule has 0 saturated carbocycles. The summed E-state index contributed by atoms with van der Waals surface area (Å²) in [7, 11) is 0. The molecule has 2 unspecified atom stereocenters. The molecule has 0 spiro atoms. The highest BCUT2D eigenvalue weighted by atomic mass is 35.5.